The van der Waals surface area contributed by atoms with Gasteiger partial charge in [0, 0.05) is 76.1 Å². The number of carbonyl (C=O) groups excluding carboxylic acids is 2. The molecule has 0 N–H and O–H groups in total. The number of piperazine rings is 1. The van der Waals surface area contributed by atoms with E-state index in [4.69, 9.17) is 4.74 Å². The van der Waals surface area contributed by atoms with E-state index in [9.17, 15) is 35.9 Å². The van der Waals surface area contributed by atoms with Crippen LogP contribution in [-0.4, -0.2) is 109 Å². The molecule has 4 fully saturated rings. The largest absolute Gasteiger partial charge is 0.416 e. The summed E-state index contributed by atoms with van der Waals surface area (Å²) in [5.74, 6) is -0.674. The summed E-state index contributed by atoms with van der Waals surface area (Å²) in [6.07, 6.45) is -7.73. The number of amides is 2. The zero-order valence-corrected chi connectivity index (χ0v) is 25.4. The molecule has 0 aliphatic carbocycles. The van der Waals surface area contributed by atoms with Crippen molar-refractivity contribution in [2.75, 3.05) is 59.0 Å². The van der Waals surface area contributed by atoms with E-state index in [2.05, 4.69) is 9.80 Å². The molecule has 0 spiro atoms. The van der Waals surface area contributed by atoms with Crippen molar-refractivity contribution >= 4 is 11.8 Å². The van der Waals surface area contributed by atoms with Gasteiger partial charge in [-0.15, -0.1) is 0 Å². The van der Waals surface area contributed by atoms with Crippen LogP contribution in [0, 0.1) is 5.92 Å². The number of hydrogen-bond acceptors (Lipinski definition) is 5. The summed E-state index contributed by atoms with van der Waals surface area (Å²) in [4.78, 5) is 34.5. The fraction of sp³-hybridized carbons (Fsp3) is 0.576. The second-order valence-electron chi connectivity index (χ2n) is 12.8. The number of rotatable bonds is 6. The predicted molar refractivity (Wildman–Crippen MR) is 157 cm³/mol. The maximum atomic E-state index is 13.7. The predicted octanol–water partition coefficient (Wildman–Crippen LogP) is 4.81. The fourth-order valence-corrected chi connectivity index (χ4v) is 7.27. The number of hydrogen-bond donors (Lipinski definition) is 0. The molecule has 2 aromatic carbocycles. The Balaban J connectivity index is 1.12. The first-order valence-electron chi connectivity index (χ1n) is 15.9. The van der Waals surface area contributed by atoms with Crippen LogP contribution in [0.2, 0.25) is 0 Å². The molecule has 4 saturated heterocycles. The fourth-order valence-electron chi connectivity index (χ4n) is 7.27. The third-order valence-electron chi connectivity index (χ3n) is 9.93. The van der Waals surface area contributed by atoms with E-state index in [1.807, 2.05) is 35.2 Å². The van der Waals surface area contributed by atoms with E-state index in [1.54, 1.807) is 0 Å². The summed E-state index contributed by atoms with van der Waals surface area (Å²) < 4.78 is 86.7. The highest BCUT2D eigenvalue weighted by molar-refractivity contribution is 5.95. The summed E-state index contributed by atoms with van der Waals surface area (Å²) in [5, 5.41) is 0. The van der Waals surface area contributed by atoms with Crippen molar-refractivity contribution in [3.8, 4) is 0 Å². The molecule has 3 atom stereocenters. The zero-order chi connectivity index (χ0) is 32.6. The molecule has 4 heterocycles. The van der Waals surface area contributed by atoms with Gasteiger partial charge in [-0.3, -0.25) is 19.4 Å². The van der Waals surface area contributed by atoms with Gasteiger partial charge in [0.05, 0.1) is 23.7 Å². The van der Waals surface area contributed by atoms with Crippen LogP contribution in [0.25, 0.3) is 0 Å². The van der Waals surface area contributed by atoms with Crippen molar-refractivity contribution in [3.63, 3.8) is 0 Å². The second-order valence-corrected chi connectivity index (χ2v) is 12.8. The lowest BCUT2D eigenvalue weighted by Crippen LogP contribution is -2.65. The van der Waals surface area contributed by atoms with Gasteiger partial charge in [0.25, 0.3) is 5.91 Å². The van der Waals surface area contributed by atoms with Crippen LogP contribution < -0.4 is 0 Å². The molecule has 2 aromatic rings. The molecule has 7 nitrogen and oxygen atoms in total. The van der Waals surface area contributed by atoms with Crippen molar-refractivity contribution in [3.05, 3.63) is 70.8 Å². The summed E-state index contributed by atoms with van der Waals surface area (Å²) >= 11 is 0. The summed E-state index contributed by atoms with van der Waals surface area (Å²) in [6.45, 7) is 6.10. The minimum Gasteiger partial charge on any atom is -0.381 e. The molecular weight excluding hydrogens is 614 g/mol. The molecule has 4 aliphatic rings. The SMILES string of the molecule is O=C([C@H]1CCOC1)N1CC(N2CCN(C3CCN(C(=O)c4cc(C(F)(F)F)cc(C(F)(F)F)c4)C(Cc4ccccc4)C3)CC2)C1. The number of carbonyl (C=O) groups is 2. The number of alkyl halides is 6. The van der Waals surface area contributed by atoms with Crippen molar-refractivity contribution in [1.29, 1.82) is 0 Å². The summed E-state index contributed by atoms with van der Waals surface area (Å²) in [6, 6.07) is 10.5. The second kappa shape index (κ2) is 13.2. The van der Waals surface area contributed by atoms with E-state index in [0.717, 1.165) is 51.3 Å². The van der Waals surface area contributed by atoms with Gasteiger partial charge < -0.3 is 14.5 Å². The van der Waals surface area contributed by atoms with Crippen LogP contribution in [0.3, 0.4) is 0 Å². The normalized spacial score (nSPS) is 25.5. The number of nitrogens with zero attached hydrogens (tertiary/aromatic N) is 4. The van der Waals surface area contributed by atoms with Crippen molar-refractivity contribution < 1.29 is 40.7 Å². The maximum absolute atomic E-state index is 13.7. The maximum Gasteiger partial charge on any atom is 0.416 e. The Hall–Kier alpha value is -3.16. The van der Waals surface area contributed by atoms with Crippen LogP contribution in [0.1, 0.15) is 46.3 Å². The van der Waals surface area contributed by atoms with Crippen molar-refractivity contribution in [1.82, 2.24) is 19.6 Å². The molecule has 0 saturated carbocycles. The Morgan fingerprint density at radius 2 is 1.39 bits per heavy atom. The highest BCUT2D eigenvalue weighted by Gasteiger charge is 2.42. The standard InChI is InChI=1S/C33H38F6N4O3/c34-32(35,36)25-15-24(16-26(17-25)33(37,38)39)31(45)43-8-6-27(18-28(43)14-22-4-2-1-3-5-22)40-9-11-41(12-10-40)29-19-42(20-29)30(44)23-7-13-46-21-23/h1-5,15-17,23,27-29H,6-14,18-21H2/t23-,27?,28?/m0/s1. The molecule has 13 heteroatoms. The van der Waals surface area contributed by atoms with Gasteiger partial charge in [0.2, 0.25) is 5.91 Å². The topological polar surface area (TPSA) is 56.3 Å². The number of benzene rings is 2. The Bertz CT molecular complexity index is 1350. The molecule has 0 radical (unpaired) electrons. The van der Waals surface area contributed by atoms with Crippen molar-refractivity contribution in [2.24, 2.45) is 5.92 Å². The molecule has 0 aromatic heterocycles. The van der Waals surface area contributed by atoms with Crippen molar-refractivity contribution in [2.45, 2.75) is 56.2 Å². The lowest BCUT2D eigenvalue weighted by molar-refractivity contribution is -0.144. The Morgan fingerprint density at radius 1 is 0.783 bits per heavy atom. The lowest BCUT2D eigenvalue weighted by Gasteiger charge is -2.51. The molecular formula is C33H38F6N4O3. The van der Waals surface area contributed by atoms with Gasteiger partial charge >= 0.3 is 12.4 Å². The highest BCUT2D eigenvalue weighted by Crippen LogP contribution is 2.37. The van der Waals surface area contributed by atoms with E-state index >= 15 is 0 Å². The molecule has 250 valence electrons. The van der Waals surface area contributed by atoms with Gasteiger partial charge in [-0.1, -0.05) is 30.3 Å². The first-order chi connectivity index (χ1) is 21.9. The average molecular weight is 653 g/mol. The number of likely N-dealkylation sites (tertiary alicyclic amines) is 2. The number of piperidine rings is 1. The average Bonchev–Trinajstić information content (AvgIpc) is 3.55. The molecule has 4 aliphatic heterocycles. The lowest BCUT2D eigenvalue weighted by atomic mass is 9.90. The Morgan fingerprint density at radius 3 is 1.96 bits per heavy atom. The minimum atomic E-state index is -5.03. The van der Waals surface area contributed by atoms with Crippen LogP contribution in [0.5, 0.6) is 0 Å². The number of halogens is 6. The molecule has 2 amide bonds. The van der Waals surface area contributed by atoms with Gasteiger partial charge in [-0.25, -0.2) is 0 Å². The van der Waals surface area contributed by atoms with E-state index in [0.29, 0.717) is 50.7 Å². The number of ether oxygens (including phenoxy) is 1. The third kappa shape index (κ3) is 7.21. The van der Waals surface area contributed by atoms with E-state index < -0.39 is 41.0 Å². The van der Waals surface area contributed by atoms with E-state index in [1.165, 1.54) is 4.90 Å². The Labute approximate surface area is 264 Å². The monoisotopic (exact) mass is 652 g/mol. The molecule has 0 bridgehead atoms. The molecule has 2 unspecified atom stereocenters. The first kappa shape index (κ1) is 32.8. The minimum absolute atomic E-state index is 0.0281. The van der Waals surface area contributed by atoms with Crippen LogP contribution in [0.4, 0.5) is 26.3 Å². The molecule has 46 heavy (non-hydrogen) atoms. The summed E-state index contributed by atoms with van der Waals surface area (Å²) in [5.41, 5.74) is -2.67. The first-order valence-corrected chi connectivity index (χ1v) is 15.9. The zero-order valence-electron chi connectivity index (χ0n) is 25.4. The molecule has 6 rings (SSSR count). The highest BCUT2D eigenvalue weighted by atomic mass is 19.4. The van der Waals surface area contributed by atoms with Crippen LogP contribution in [-0.2, 0) is 28.3 Å². The van der Waals surface area contributed by atoms with Gasteiger partial charge in [-0.05, 0) is 49.4 Å². The van der Waals surface area contributed by atoms with Crippen LogP contribution in [0.15, 0.2) is 48.5 Å². The quantitative estimate of drug-likeness (QED) is 0.420. The van der Waals surface area contributed by atoms with Gasteiger partial charge in [0.1, 0.15) is 0 Å². The van der Waals surface area contributed by atoms with E-state index in [-0.39, 0.29) is 30.5 Å². The van der Waals surface area contributed by atoms with Gasteiger partial charge in [0.15, 0.2) is 0 Å². The third-order valence-corrected chi connectivity index (χ3v) is 9.93. The smallest absolute Gasteiger partial charge is 0.381 e. The Kier molecular flexibility index (Phi) is 9.37. The summed E-state index contributed by atoms with van der Waals surface area (Å²) in [7, 11) is 0. The van der Waals surface area contributed by atoms with Gasteiger partial charge in [-0.2, -0.15) is 26.3 Å². The van der Waals surface area contributed by atoms with Crippen LogP contribution >= 0.6 is 0 Å².